The van der Waals surface area contributed by atoms with Crippen molar-refractivity contribution in [3.8, 4) is 0 Å². The zero-order valence-electron chi connectivity index (χ0n) is 10.7. The van der Waals surface area contributed by atoms with Gasteiger partial charge in [0.2, 0.25) is 5.91 Å². The first kappa shape index (κ1) is 13.3. The van der Waals surface area contributed by atoms with Gasteiger partial charge >= 0.3 is 5.97 Å². The van der Waals surface area contributed by atoms with Crippen molar-refractivity contribution in [3.05, 3.63) is 23.9 Å². The molecule has 0 bridgehead atoms. The molecule has 1 aromatic rings. The van der Waals surface area contributed by atoms with Crippen molar-refractivity contribution in [2.24, 2.45) is 11.7 Å². The van der Waals surface area contributed by atoms with Crippen LogP contribution in [0.5, 0.6) is 0 Å². The summed E-state index contributed by atoms with van der Waals surface area (Å²) in [7, 11) is 0. The molecule has 0 saturated carbocycles. The minimum Gasteiger partial charge on any atom is -0.477 e. The van der Waals surface area contributed by atoms with Crippen LogP contribution in [0.3, 0.4) is 0 Å². The lowest BCUT2D eigenvalue weighted by molar-refractivity contribution is -0.122. The number of pyridine rings is 1. The molecule has 1 aliphatic heterocycles. The molecule has 6 nitrogen and oxygen atoms in total. The molecule has 19 heavy (non-hydrogen) atoms. The minimum absolute atomic E-state index is 0.00546. The lowest BCUT2D eigenvalue weighted by Gasteiger charge is -2.37. The molecule has 2 unspecified atom stereocenters. The van der Waals surface area contributed by atoms with E-state index in [-0.39, 0.29) is 23.6 Å². The number of aromatic carboxylic acids is 1. The standard InChI is InChI=1S/C13H17N3O3/c1-8-5-6-9(12(14)17)7-16(8)11-4-2-3-10(15-11)13(18)19/h2-4,8-9H,5-7H2,1H3,(H2,14,17)(H,18,19). The van der Waals surface area contributed by atoms with Crippen molar-refractivity contribution in [1.82, 2.24) is 4.98 Å². The molecule has 1 fully saturated rings. The highest BCUT2D eigenvalue weighted by Gasteiger charge is 2.29. The molecular formula is C13H17N3O3. The predicted octanol–water partition coefficient (Wildman–Crippen LogP) is 0.870. The molecule has 2 rings (SSSR count). The van der Waals surface area contributed by atoms with Crippen molar-refractivity contribution in [3.63, 3.8) is 0 Å². The van der Waals surface area contributed by atoms with Gasteiger partial charge in [0.05, 0.1) is 5.92 Å². The first-order valence-corrected chi connectivity index (χ1v) is 6.25. The molecule has 1 aromatic heterocycles. The lowest BCUT2D eigenvalue weighted by Crippen LogP contribution is -2.46. The van der Waals surface area contributed by atoms with E-state index in [1.165, 1.54) is 6.07 Å². The SMILES string of the molecule is CC1CCC(C(N)=O)CN1c1cccc(C(=O)O)n1. The number of nitrogens with zero attached hydrogens (tertiary/aromatic N) is 2. The van der Waals surface area contributed by atoms with Crippen LogP contribution < -0.4 is 10.6 Å². The Kier molecular flexibility index (Phi) is 3.69. The van der Waals surface area contributed by atoms with Crippen molar-refractivity contribution < 1.29 is 14.7 Å². The number of aromatic nitrogens is 1. The van der Waals surface area contributed by atoms with E-state index in [4.69, 9.17) is 10.8 Å². The maximum Gasteiger partial charge on any atom is 0.354 e. The van der Waals surface area contributed by atoms with Gasteiger partial charge in [0, 0.05) is 12.6 Å². The van der Waals surface area contributed by atoms with E-state index in [0.29, 0.717) is 12.4 Å². The number of carboxylic acids is 1. The summed E-state index contributed by atoms with van der Waals surface area (Å²) in [6.07, 6.45) is 1.61. The maximum absolute atomic E-state index is 11.3. The monoisotopic (exact) mass is 263 g/mol. The number of carboxylic acid groups (broad SMARTS) is 1. The number of hydrogen-bond donors (Lipinski definition) is 2. The zero-order chi connectivity index (χ0) is 14.0. The average molecular weight is 263 g/mol. The zero-order valence-corrected chi connectivity index (χ0v) is 10.7. The quantitative estimate of drug-likeness (QED) is 0.843. The van der Waals surface area contributed by atoms with Crippen molar-refractivity contribution in [2.75, 3.05) is 11.4 Å². The Bertz CT molecular complexity index is 504. The van der Waals surface area contributed by atoms with Gasteiger partial charge in [0.1, 0.15) is 5.82 Å². The van der Waals surface area contributed by atoms with Crippen LogP contribution in [0.4, 0.5) is 5.82 Å². The second kappa shape index (κ2) is 5.26. The van der Waals surface area contributed by atoms with Gasteiger partial charge in [0.15, 0.2) is 5.69 Å². The maximum atomic E-state index is 11.3. The molecule has 1 amide bonds. The van der Waals surface area contributed by atoms with Gasteiger partial charge in [-0.25, -0.2) is 9.78 Å². The topological polar surface area (TPSA) is 96.5 Å². The number of piperidine rings is 1. The van der Waals surface area contributed by atoms with E-state index in [0.717, 1.165) is 12.8 Å². The summed E-state index contributed by atoms with van der Waals surface area (Å²) in [6.45, 7) is 2.53. The summed E-state index contributed by atoms with van der Waals surface area (Å²) in [5.74, 6) is -0.992. The molecule has 2 heterocycles. The summed E-state index contributed by atoms with van der Waals surface area (Å²) in [4.78, 5) is 28.3. The van der Waals surface area contributed by atoms with Gasteiger partial charge in [-0.05, 0) is 31.9 Å². The summed E-state index contributed by atoms with van der Waals surface area (Å²) < 4.78 is 0. The Labute approximate surface area is 111 Å². The van der Waals surface area contributed by atoms with Crippen molar-refractivity contribution in [1.29, 1.82) is 0 Å². The third-order valence-corrected chi connectivity index (χ3v) is 3.53. The van der Waals surface area contributed by atoms with Crippen LogP contribution in [0.2, 0.25) is 0 Å². The molecule has 2 atom stereocenters. The highest BCUT2D eigenvalue weighted by molar-refractivity contribution is 5.85. The number of hydrogen-bond acceptors (Lipinski definition) is 4. The Hall–Kier alpha value is -2.11. The molecule has 1 saturated heterocycles. The molecule has 0 spiro atoms. The van der Waals surface area contributed by atoms with Gasteiger partial charge in [-0.2, -0.15) is 0 Å². The van der Waals surface area contributed by atoms with Gasteiger partial charge < -0.3 is 15.7 Å². The second-order valence-corrected chi connectivity index (χ2v) is 4.86. The van der Waals surface area contributed by atoms with E-state index >= 15 is 0 Å². The third-order valence-electron chi connectivity index (χ3n) is 3.53. The van der Waals surface area contributed by atoms with Crippen LogP contribution in [0.25, 0.3) is 0 Å². The van der Waals surface area contributed by atoms with Gasteiger partial charge in [-0.15, -0.1) is 0 Å². The van der Waals surface area contributed by atoms with Crippen LogP contribution in [0.1, 0.15) is 30.3 Å². The van der Waals surface area contributed by atoms with Gasteiger partial charge in [-0.3, -0.25) is 4.79 Å². The van der Waals surface area contributed by atoms with Crippen molar-refractivity contribution >= 4 is 17.7 Å². The van der Waals surface area contributed by atoms with Gasteiger partial charge in [-0.1, -0.05) is 6.07 Å². The normalized spacial score (nSPS) is 23.1. The Morgan fingerprint density at radius 1 is 1.42 bits per heavy atom. The Morgan fingerprint density at radius 2 is 2.16 bits per heavy atom. The number of nitrogens with two attached hydrogens (primary N) is 1. The molecule has 1 aliphatic rings. The molecular weight excluding hydrogens is 246 g/mol. The summed E-state index contributed by atoms with van der Waals surface area (Å²) in [6, 6.07) is 5.08. The molecule has 0 aliphatic carbocycles. The smallest absolute Gasteiger partial charge is 0.354 e. The summed E-state index contributed by atoms with van der Waals surface area (Å²) in [5.41, 5.74) is 5.36. The molecule has 3 N–H and O–H groups in total. The van der Waals surface area contributed by atoms with E-state index in [2.05, 4.69) is 4.98 Å². The number of carbonyl (C=O) groups is 2. The first-order valence-electron chi connectivity index (χ1n) is 6.25. The van der Waals surface area contributed by atoms with E-state index in [9.17, 15) is 9.59 Å². The fourth-order valence-electron chi connectivity index (χ4n) is 2.36. The average Bonchev–Trinajstić information content (AvgIpc) is 2.39. The number of anilines is 1. The summed E-state index contributed by atoms with van der Waals surface area (Å²) >= 11 is 0. The fourth-order valence-corrected chi connectivity index (χ4v) is 2.36. The first-order chi connectivity index (χ1) is 8.99. The predicted molar refractivity (Wildman–Crippen MR) is 69.9 cm³/mol. The number of carbonyl (C=O) groups excluding carboxylic acids is 1. The largest absolute Gasteiger partial charge is 0.477 e. The Balaban J connectivity index is 2.25. The number of rotatable bonds is 3. The lowest BCUT2D eigenvalue weighted by atomic mass is 9.93. The Morgan fingerprint density at radius 3 is 2.79 bits per heavy atom. The van der Waals surface area contributed by atoms with E-state index < -0.39 is 5.97 Å². The molecule has 6 heteroatoms. The highest BCUT2D eigenvalue weighted by Crippen LogP contribution is 2.26. The minimum atomic E-state index is -1.06. The van der Waals surface area contributed by atoms with Gasteiger partial charge in [0.25, 0.3) is 0 Å². The fraction of sp³-hybridized carbons (Fsp3) is 0.462. The van der Waals surface area contributed by atoms with Crippen LogP contribution in [0, 0.1) is 5.92 Å². The van der Waals surface area contributed by atoms with Crippen molar-refractivity contribution in [2.45, 2.75) is 25.8 Å². The van der Waals surface area contributed by atoms with Crippen LogP contribution in [-0.2, 0) is 4.79 Å². The van der Waals surface area contributed by atoms with Crippen LogP contribution in [0.15, 0.2) is 18.2 Å². The number of amides is 1. The van der Waals surface area contributed by atoms with Crippen LogP contribution in [-0.4, -0.2) is 34.6 Å². The molecule has 0 radical (unpaired) electrons. The molecule has 0 aromatic carbocycles. The highest BCUT2D eigenvalue weighted by atomic mass is 16.4. The second-order valence-electron chi connectivity index (χ2n) is 4.86. The third kappa shape index (κ3) is 2.83. The number of primary amides is 1. The van der Waals surface area contributed by atoms with E-state index in [1.54, 1.807) is 12.1 Å². The summed E-state index contributed by atoms with van der Waals surface area (Å²) in [5, 5.41) is 8.96. The van der Waals surface area contributed by atoms with E-state index in [1.807, 2.05) is 11.8 Å². The van der Waals surface area contributed by atoms with Crippen LogP contribution >= 0.6 is 0 Å². The molecule has 102 valence electrons.